The molecular formula is C19H18N4. The van der Waals surface area contributed by atoms with Crippen molar-refractivity contribution in [3.63, 3.8) is 0 Å². The highest BCUT2D eigenvalue weighted by Gasteiger charge is 2.18. The lowest BCUT2D eigenvalue weighted by Gasteiger charge is -2.24. The standard InChI is InChI=1S/C19H18N4/c1-2-13(3-1)10-15-5-6-16-17(11-21-19(16)22-15)14-4-7-18-20-8-9-23(18)12-14/h4-9,11-13H,1-3,10H2,(H,21,22). The van der Waals surface area contributed by atoms with Gasteiger partial charge < -0.3 is 9.38 Å². The summed E-state index contributed by atoms with van der Waals surface area (Å²) in [7, 11) is 0. The molecule has 0 aliphatic heterocycles. The van der Waals surface area contributed by atoms with Gasteiger partial charge in [-0.1, -0.05) is 19.3 Å². The predicted molar refractivity (Wildman–Crippen MR) is 91.3 cm³/mol. The van der Waals surface area contributed by atoms with Crippen LogP contribution in [-0.4, -0.2) is 19.4 Å². The minimum Gasteiger partial charge on any atom is -0.346 e. The zero-order valence-corrected chi connectivity index (χ0v) is 12.9. The molecule has 0 aromatic carbocycles. The van der Waals surface area contributed by atoms with E-state index in [2.05, 4.69) is 40.6 Å². The van der Waals surface area contributed by atoms with Crippen LogP contribution in [0.15, 0.2) is 49.1 Å². The van der Waals surface area contributed by atoms with Crippen LogP contribution in [0.4, 0.5) is 0 Å². The number of hydrogen-bond acceptors (Lipinski definition) is 2. The molecule has 4 aromatic heterocycles. The molecule has 1 N–H and O–H groups in total. The molecule has 0 atom stereocenters. The first-order chi connectivity index (χ1) is 11.4. The van der Waals surface area contributed by atoms with Gasteiger partial charge in [0.2, 0.25) is 0 Å². The highest BCUT2D eigenvalue weighted by atomic mass is 15.0. The van der Waals surface area contributed by atoms with Crippen LogP contribution in [0.3, 0.4) is 0 Å². The third kappa shape index (κ3) is 2.13. The van der Waals surface area contributed by atoms with E-state index in [1.807, 2.05) is 22.9 Å². The molecule has 1 aliphatic carbocycles. The molecular weight excluding hydrogens is 284 g/mol. The summed E-state index contributed by atoms with van der Waals surface area (Å²) in [6.45, 7) is 0. The van der Waals surface area contributed by atoms with E-state index in [0.29, 0.717) is 0 Å². The average molecular weight is 302 g/mol. The quantitative estimate of drug-likeness (QED) is 0.616. The zero-order valence-electron chi connectivity index (χ0n) is 12.9. The molecule has 4 aromatic rings. The van der Waals surface area contributed by atoms with E-state index in [-0.39, 0.29) is 0 Å². The number of H-pyrrole nitrogens is 1. The van der Waals surface area contributed by atoms with Crippen LogP contribution in [0.25, 0.3) is 27.8 Å². The van der Waals surface area contributed by atoms with Crippen LogP contribution in [0.2, 0.25) is 0 Å². The minimum absolute atomic E-state index is 0.845. The van der Waals surface area contributed by atoms with E-state index in [1.165, 1.54) is 41.5 Å². The fraction of sp³-hybridized carbons (Fsp3) is 0.263. The number of aromatic nitrogens is 4. The Balaban J connectivity index is 1.55. The number of imidazole rings is 1. The molecule has 23 heavy (non-hydrogen) atoms. The normalized spacial score (nSPS) is 15.3. The summed E-state index contributed by atoms with van der Waals surface area (Å²) >= 11 is 0. The molecule has 1 saturated carbocycles. The molecule has 5 rings (SSSR count). The molecule has 114 valence electrons. The van der Waals surface area contributed by atoms with Crippen molar-refractivity contribution < 1.29 is 0 Å². The number of hydrogen-bond donors (Lipinski definition) is 1. The summed E-state index contributed by atoms with van der Waals surface area (Å²) in [5.74, 6) is 0.845. The van der Waals surface area contributed by atoms with Crippen LogP contribution in [-0.2, 0) is 6.42 Å². The Morgan fingerprint density at radius 3 is 3.00 bits per heavy atom. The van der Waals surface area contributed by atoms with E-state index in [1.54, 1.807) is 0 Å². The Bertz CT molecular complexity index is 991. The van der Waals surface area contributed by atoms with Crippen molar-refractivity contribution in [2.75, 3.05) is 0 Å². The summed E-state index contributed by atoms with van der Waals surface area (Å²) in [4.78, 5) is 12.5. The number of rotatable bonds is 3. The lowest BCUT2D eigenvalue weighted by atomic mass is 9.82. The predicted octanol–water partition coefficient (Wildman–Crippen LogP) is 4.22. The largest absolute Gasteiger partial charge is 0.346 e. The number of pyridine rings is 2. The van der Waals surface area contributed by atoms with Gasteiger partial charge in [0.1, 0.15) is 11.3 Å². The summed E-state index contributed by atoms with van der Waals surface area (Å²) < 4.78 is 2.05. The first kappa shape index (κ1) is 12.9. The van der Waals surface area contributed by atoms with E-state index < -0.39 is 0 Å². The van der Waals surface area contributed by atoms with Gasteiger partial charge in [0.05, 0.1) is 0 Å². The lowest BCUT2D eigenvalue weighted by molar-refractivity contribution is 0.312. The number of aromatic amines is 1. The summed E-state index contributed by atoms with van der Waals surface area (Å²) in [5, 5.41) is 1.18. The topological polar surface area (TPSA) is 46.0 Å². The van der Waals surface area contributed by atoms with E-state index in [4.69, 9.17) is 4.98 Å². The molecule has 0 saturated heterocycles. The molecule has 4 heterocycles. The average Bonchev–Trinajstić information content (AvgIpc) is 3.16. The van der Waals surface area contributed by atoms with Gasteiger partial charge in [-0.3, -0.25) is 0 Å². The van der Waals surface area contributed by atoms with Gasteiger partial charge in [0, 0.05) is 47.0 Å². The third-order valence-electron chi connectivity index (χ3n) is 5.02. The second kappa shape index (κ2) is 4.95. The second-order valence-corrected chi connectivity index (χ2v) is 6.51. The maximum Gasteiger partial charge on any atom is 0.138 e. The Hall–Kier alpha value is -2.62. The van der Waals surface area contributed by atoms with Gasteiger partial charge in [-0.2, -0.15) is 0 Å². The van der Waals surface area contributed by atoms with E-state index in [0.717, 1.165) is 23.6 Å². The molecule has 0 radical (unpaired) electrons. The van der Waals surface area contributed by atoms with Crippen LogP contribution in [0, 0.1) is 5.92 Å². The van der Waals surface area contributed by atoms with Crippen LogP contribution in [0.5, 0.6) is 0 Å². The van der Waals surface area contributed by atoms with Crippen LogP contribution in [0.1, 0.15) is 25.0 Å². The maximum absolute atomic E-state index is 4.82. The van der Waals surface area contributed by atoms with E-state index >= 15 is 0 Å². The second-order valence-electron chi connectivity index (χ2n) is 6.51. The van der Waals surface area contributed by atoms with Gasteiger partial charge in [0.25, 0.3) is 0 Å². The van der Waals surface area contributed by atoms with Crippen molar-refractivity contribution in [3.8, 4) is 11.1 Å². The van der Waals surface area contributed by atoms with Gasteiger partial charge in [-0.15, -0.1) is 0 Å². The minimum atomic E-state index is 0.845. The highest BCUT2D eigenvalue weighted by Crippen LogP contribution is 2.31. The molecule has 0 bridgehead atoms. The lowest BCUT2D eigenvalue weighted by Crippen LogP contribution is -2.14. The van der Waals surface area contributed by atoms with Gasteiger partial charge >= 0.3 is 0 Å². The fourth-order valence-electron chi connectivity index (χ4n) is 3.47. The molecule has 0 amide bonds. The van der Waals surface area contributed by atoms with Gasteiger partial charge in [0.15, 0.2) is 0 Å². The Morgan fingerprint density at radius 1 is 1.17 bits per heavy atom. The van der Waals surface area contributed by atoms with Crippen molar-refractivity contribution >= 4 is 16.7 Å². The van der Waals surface area contributed by atoms with Crippen LogP contribution < -0.4 is 0 Å². The molecule has 0 spiro atoms. The molecule has 4 heteroatoms. The molecule has 4 nitrogen and oxygen atoms in total. The summed E-state index contributed by atoms with van der Waals surface area (Å²) in [6, 6.07) is 8.56. The summed E-state index contributed by atoms with van der Waals surface area (Å²) in [5.41, 5.74) is 5.53. The SMILES string of the molecule is c1cn2cc(-c3c[nH]c4nc(CC5CCC5)ccc34)ccc2n1. The van der Waals surface area contributed by atoms with Crippen molar-refractivity contribution in [1.29, 1.82) is 0 Å². The molecule has 1 aliphatic rings. The zero-order chi connectivity index (χ0) is 15.2. The highest BCUT2D eigenvalue weighted by molar-refractivity contribution is 5.93. The van der Waals surface area contributed by atoms with Gasteiger partial charge in [-0.25, -0.2) is 9.97 Å². The number of fused-ring (bicyclic) bond motifs is 2. The molecule has 1 fully saturated rings. The first-order valence-corrected chi connectivity index (χ1v) is 8.27. The fourth-order valence-corrected chi connectivity index (χ4v) is 3.47. The Morgan fingerprint density at radius 2 is 2.13 bits per heavy atom. The van der Waals surface area contributed by atoms with Crippen molar-refractivity contribution in [3.05, 3.63) is 54.7 Å². The van der Waals surface area contributed by atoms with Crippen molar-refractivity contribution in [1.82, 2.24) is 19.4 Å². The third-order valence-corrected chi connectivity index (χ3v) is 5.02. The monoisotopic (exact) mass is 302 g/mol. The molecule has 0 unspecified atom stereocenters. The van der Waals surface area contributed by atoms with Crippen molar-refractivity contribution in [2.24, 2.45) is 5.92 Å². The Kier molecular flexibility index (Phi) is 2.77. The van der Waals surface area contributed by atoms with Crippen molar-refractivity contribution in [2.45, 2.75) is 25.7 Å². The smallest absolute Gasteiger partial charge is 0.138 e. The summed E-state index contributed by atoms with van der Waals surface area (Å²) in [6.07, 6.45) is 13.2. The first-order valence-electron chi connectivity index (χ1n) is 8.27. The number of nitrogens with one attached hydrogen (secondary N) is 1. The van der Waals surface area contributed by atoms with Crippen LogP contribution >= 0.6 is 0 Å². The van der Waals surface area contributed by atoms with Gasteiger partial charge in [-0.05, 0) is 36.6 Å². The Labute approximate surface area is 134 Å². The van der Waals surface area contributed by atoms with E-state index in [9.17, 15) is 0 Å². The number of nitrogens with zero attached hydrogens (tertiary/aromatic N) is 3. The maximum atomic E-state index is 4.82.